The fourth-order valence-electron chi connectivity index (χ4n) is 2.18. The van der Waals surface area contributed by atoms with Crippen molar-refractivity contribution in [2.24, 2.45) is 0 Å². The second-order valence-electron chi connectivity index (χ2n) is 4.42. The lowest BCUT2D eigenvalue weighted by molar-refractivity contribution is 0.132. The summed E-state index contributed by atoms with van der Waals surface area (Å²) in [6.07, 6.45) is 1.82. The Kier molecular flexibility index (Phi) is 4.34. The van der Waals surface area contributed by atoms with Crippen molar-refractivity contribution in [2.75, 3.05) is 39.8 Å². The Bertz CT molecular complexity index is 348. The predicted molar refractivity (Wildman–Crippen MR) is 68.2 cm³/mol. The molecule has 1 aliphatic rings. The number of methoxy groups -OCH3 is 1. The van der Waals surface area contributed by atoms with Crippen molar-refractivity contribution in [1.82, 2.24) is 14.8 Å². The number of aromatic nitrogens is 1. The van der Waals surface area contributed by atoms with E-state index in [2.05, 4.69) is 27.8 Å². The van der Waals surface area contributed by atoms with Crippen molar-refractivity contribution in [2.45, 2.75) is 13.5 Å². The maximum Gasteiger partial charge on any atom is 0.213 e. The zero-order valence-electron chi connectivity index (χ0n) is 10.7. The van der Waals surface area contributed by atoms with Crippen LogP contribution in [-0.2, 0) is 6.54 Å². The van der Waals surface area contributed by atoms with Gasteiger partial charge in [-0.3, -0.25) is 4.90 Å². The third-order valence-corrected chi connectivity index (χ3v) is 3.33. The number of likely N-dealkylation sites (N-methyl/N-ethyl adjacent to an activating group) is 1. The van der Waals surface area contributed by atoms with Crippen molar-refractivity contribution in [3.05, 3.63) is 23.9 Å². The number of nitrogens with zero attached hydrogens (tertiary/aromatic N) is 3. The quantitative estimate of drug-likeness (QED) is 0.785. The van der Waals surface area contributed by atoms with Gasteiger partial charge in [0.1, 0.15) is 0 Å². The monoisotopic (exact) mass is 235 g/mol. The lowest BCUT2D eigenvalue weighted by Gasteiger charge is -2.34. The highest BCUT2D eigenvalue weighted by Crippen LogP contribution is 2.12. The topological polar surface area (TPSA) is 28.6 Å². The molecule has 94 valence electrons. The zero-order chi connectivity index (χ0) is 12.1. The lowest BCUT2D eigenvalue weighted by Crippen LogP contribution is -2.45. The van der Waals surface area contributed by atoms with E-state index in [1.165, 1.54) is 18.7 Å². The average molecular weight is 235 g/mol. The van der Waals surface area contributed by atoms with Crippen LogP contribution in [0.15, 0.2) is 18.3 Å². The molecule has 1 aromatic heterocycles. The average Bonchev–Trinajstić information content (AvgIpc) is 2.40. The SMILES string of the molecule is CCN1CCN(Cc2ccnc(OC)c2)CC1. The second-order valence-corrected chi connectivity index (χ2v) is 4.42. The molecule has 1 aromatic rings. The molecule has 1 aliphatic heterocycles. The van der Waals surface area contributed by atoms with Crippen LogP contribution in [0, 0.1) is 0 Å². The van der Waals surface area contributed by atoms with Gasteiger partial charge in [0.2, 0.25) is 5.88 Å². The molecule has 1 saturated heterocycles. The molecule has 0 N–H and O–H groups in total. The van der Waals surface area contributed by atoms with Gasteiger partial charge in [-0.15, -0.1) is 0 Å². The molecule has 4 heteroatoms. The van der Waals surface area contributed by atoms with E-state index < -0.39 is 0 Å². The maximum absolute atomic E-state index is 5.14. The predicted octanol–water partition coefficient (Wildman–Crippen LogP) is 1.23. The molecule has 0 atom stereocenters. The van der Waals surface area contributed by atoms with Crippen LogP contribution in [0.1, 0.15) is 12.5 Å². The summed E-state index contributed by atoms with van der Waals surface area (Å²) in [5.74, 6) is 0.703. The first kappa shape index (κ1) is 12.3. The highest BCUT2D eigenvalue weighted by Gasteiger charge is 2.15. The summed E-state index contributed by atoms with van der Waals surface area (Å²) in [4.78, 5) is 9.10. The van der Waals surface area contributed by atoms with Crippen molar-refractivity contribution in [1.29, 1.82) is 0 Å². The van der Waals surface area contributed by atoms with Crippen molar-refractivity contribution in [3.63, 3.8) is 0 Å². The summed E-state index contributed by atoms with van der Waals surface area (Å²) in [5.41, 5.74) is 1.28. The maximum atomic E-state index is 5.14. The van der Waals surface area contributed by atoms with E-state index in [0.29, 0.717) is 5.88 Å². The van der Waals surface area contributed by atoms with E-state index in [-0.39, 0.29) is 0 Å². The standard InChI is InChI=1S/C13H21N3O/c1-3-15-6-8-16(9-7-15)11-12-4-5-14-13(10-12)17-2/h4-5,10H,3,6-9,11H2,1-2H3. The molecule has 2 rings (SSSR count). The number of hydrogen-bond acceptors (Lipinski definition) is 4. The van der Waals surface area contributed by atoms with E-state index in [9.17, 15) is 0 Å². The molecule has 17 heavy (non-hydrogen) atoms. The van der Waals surface area contributed by atoms with Crippen LogP contribution in [0.4, 0.5) is 0 Å². The minimum absolute atomic E-state index is 0.703. The molecule has 0 unspecified atom stereocenters. The smallest absolute Gasteiger partial charge is 0.213 e. The third kappa shape index (κ3) is 3.41. The third-order valence-electron chi connectivity index (χ3n) is 3.33. The molecule has 0 radical (unpaired) electrons. The number of rotatable bonds is 4. The summed E-state index contributed by atoms with van der Waals surface area (Å²) in [6, 6.07) is 4.08. The van der Waals surface area contributed by atoms with Crippen molar-refractivity contribution < 1.29 is 4.74 Å². The van der Waals surface area contributed by atoms with Gasteiger partial charge >= 0.3 is 0 Å². The van der Waals surface area contributed by atoms with E-state index >= 15 is 0 Å². The number of hydrogen-bond donors (Lipinski definition) is 0. The molecule has 0 bridgehead atoms. The number of pyridine rings is 1. The Balaban J connectivity index is 1.88. The van der Waals surface area contributed by atoms with Gasteiger partial charge in [-0.25, -0.2) is 4.98 Å². The van der Waals surface area contributed by atoms with Gasteiger partial charge in [-0.1, -0.05) is 6.92 Å². The summed E-state index contributed by atoms with van der Waals surface area (Å²) in [5, 5.41) is 0. The first-order valence-electron chi connectivity index (χ1n) is 6.25. The van der Waals surface area contributed by atoms with Crippen LogP contribution >= 0.6 is 0 Å². The van der Waals surface area contributed by atoms with Gasteiger partial charge in [0.05, 0.1) is 7.11 Å². The summed E-state index contributed by atoms with van der Waals surface area (Å²) < 4.78 is 5.14. The number of piperazine rings is 1. The van der Waals surface area contributed by atoms with E-state index in [0.717, 1.165) is 26.2 Å². The first-order chi connectivity index (χ1) is 8.31. The largest absolute Gasteiger partial charge is 0.481 e. The van der Waals surface area contributed by atoms with Gasteiger partial charge in [-0.2, -0.15) is 0 Å². The Hall–Kier alpha value is -1.13. The molecule has 1 fully saturated rings. The van der Waals surface area contributed by atoms with E-state index in [1.54, 1.807) is 7.11 Å². The Morgan fingerprint density at radius 2 is 1.94 bits per heavy atom. The fraction of sp³-hybridized carbons (Fsp3) is 0.615. The van der Waals surface area contributed by atoms with Crippen LogP contribution in [0.3, 0.4) is 0 Å². The van der Waals surface area contributed by atoms with Crippen LogP contribution in [0.2, 0.25) is 0 Å². The van der Waals surface area contributed by atoms with Gasteiger partial charge in [0.25, 0.3) is 0 Å². The number of ether oxygens (including phenoxy) is 1. The van der Waals surface area contributed by atoms with Gasteiger partial charge in [-0.05, 0) is 18.2 Å². The minimum Gasteiger partial charge on any atom is -0.481 e. The Morgan fingerprint density at radius 1 is 1.24 bits per heavy atom. The van der Waals surface area contributed by atoms with Crippen LogP contribution in [0.25, 0.3) is 0 Å². The van der Waals surface area contributed by atoms with E-state index in [1.807, 2.05) is 12.3 Å². The Morgan fingerprint density at radius 3 is 2.59 bits per heavy atom. The van der Waals surface area contributed by atoms with Crippen molar-refractivity contribution in [3.8, 4) is 5.88 Å². The summed E-state index contributed by atoms with van der Waals surface area (Å²) in [6.45, 7) is 9.05. The van der Waals surface area contributed by atoms with E-state index in [4.69, 9.17) is 4.74 Å². The minimum atomic E-state index is 0.703. The van der Waals surface area contributed by atoms with Crippen molar-refractivity contribution >= 4 is 0 Å². The van der Waals surface area contributed by atoms with Gasteiger partial charge in [0.15, 0.2) is 0 Å². The molecule has 0 spiro atoms. The molecular weight excluding hydrogens is 214 g/mol. The zero-order valence-corrected chi connectivity index (χ0v) is 10.7. The fourth-order valence-corrected chi connectivity index (χ4v) is 2.18. The molecule has 0 aromatic carbocycles. The summed E-state index contributed by atoms with van der Waals surface area (Å²) >= 11 is 0. The second kappa shape index (κ2) is 5.98. The molecule has 4 nitrogen and oxygen atoms in total. The molecule has 0 saturated carbocycles. The van der Waals surface area contributed by atoms with Crippen LogP contribution < -0.4 is 4.74 Å². The summed E-state index contributed by atoms with van der Waals surface area (Å²) in [7, 11) is 1.66. The highest BCUT2D eigenvalue weighted by atomic mass is 16.5. The van der Waals surface area contributed by atoms with Crippen LogP contribution in [-0.4, -0.2) is 54.6 Å². The lowest BCUT2D eigenvalue weighted by atomic mass is 10.2. The molecular formula is C13H21N3O. The normalized spacial score (nSPS) is 18.2. The van der Waals surface area contributed by atoms with Gasteiger partial charge in [0, 0.05) is 45.0 Å². The first-order valence-corrected chi connectivity index (χ1v) is 6.25. The molecule has 0 aliphatic carbocycles. The highest BCUT2D eigenvalue weighted by molar-refractivity contribution is 5.20. The molecule has 0 amide bonds. The molecule has 2 heterocycles. The van der Waals surface area contributed by atoms with Crippen LogP contribution in [0.5, 0.6) is 5.88 Å². The Labute approximate surface area is 103 Å². The van der Waals surface area contributed by atoms with Gasteiger partial charge < -0.3 is 9.64 Å².